The number of primary amides is 1. The van der Waals surface area contributed by atoms with Gasteiger partial charge in [0.25, 0.3) is 11.8 Å². The van der Waals surface area contributed by atoms with Crippen LogP contribution in [0.1, 0.15) is 27.0 Å². The fourth-order valence-electron chi connectivity index (χ4n) is 2.97. The maximum absolute atomic E-state index is 12.8. The molecule has 0 fully saturated rings. The first-order valence-corrected chi connectivity index (χ1v) is 11.0. The smallest absolute Gasteiger partial charge is 0.255 e. The van der Waals surface area contributed by atoms with E-state index in [2.05, 4.69) is 5.32 Å². The Hall–Kier alpha value is -3.44. The third-order valence-electron chi connectivity index (χ3n) is 4.47. The van der Waals surface area contributed by atoms with Gasteiger partial charge in [-0.2, -0.15) is 5.26 Å². The van der Waals surface area contributed by atoms with Gasteiger partial charge in [0, 0.05) is 32.7 Å². The lowest BCUT2D eigenvalue weighted by atomic mass is 10.1. The van der Waals surface area contributed by atoms with Gasteiger partial charge in [0.05, 0.1) is 11.6 Å². The van der Waals surface area contributed by atoms with Crippen molar-refractivity contribution >= 4 is 46.6 Å². The Morgan fingerprint density at radius 3 is 2.32 bits per heavy atom. The van der Waals surface area contributed by atoms with Gasteiger partial charge >= 0.3 is 0 Å². The SMILES string of the molecule is N#Cc1ccc(CNC(=O)c2cc(Cl)cc(OCc3cc(Cl)cc(Cl)c3)c2)c(OCC(N)=O)c1. The third-order valence-corrected chi connectivity index (χ3v) is 5.12. The van der Waals surface area contributed by atoms with E-state index in [1.165, 1.54) is 12.1 Å². The lowest BCUT2D eigenvalue weighted by Gasteiger charge is -2.13. The summed E-state index contributed by atoms with van der Waals surface area (Å²) in [4.78, 5) is 23.8. The van der Waals surface area contributed by atoms with Crippen molar-refractivity contribution in [3.05, 3.63) is 91.9 Å². The van der Waals surface area contributed by atoms with Crippen LogP contribution >= 0.6 is 34.8 Å². The zero-order valence-corrected chi connectivity index (χ0v) is 19.9. The van der Waals surface area contributed by atoms with Gasteiger partial charge in [0.2, 0.25) is 0 Å². The molecule has 0 radical (unpaired) electrons. The number of halogens is 3. The minimum Gasteiger partial charge on any atom is -0.489 e. The fourth-order valence-corrected chi connectivity index (χ4v) is 3.77. The van der Waals surface area contributed by atoms with Gasteiger partial charge in [-0.25, -0.2) is 0 Å². The predicted octanol–water partition coefficient (Wildman–Crippen LogP) is 4.89. The van der Waals surface area contributed by atoms with Crippen molar-refractivity contribution in [1.82, 2.24) is 5.32 Å². The highest BCUT2D eigenvalue weighted by molar-refractivity contribution is 6.34. The van der Waals surface area contributed by atoms with Crippen molar-refractivity contribution in [2.45, 2.75) is 13.2 Å². The fraction of sp³-hybridized carbons (Fsp3) is 0.125. The Bertz CT molecular complexity index is 1250. The number of nitrogens with zero attached hydrogens (tertiary/aromatic N) is 1. The molecule has 0 saturated heterocycles. The second-order valence-electron chi connectivity index (χ2n) is 7.11. The van der Waals surface area contributed by atoms with Crippen molar-refractivity contribution < 1.29 is 19.1 Å². The summed E-state index contributed by atoms with van der Waals surface area (Å²) >= 11 is 18.2. The van der Waals surface area contributed by atoms with Crippen LogP contribution in [0.3, 0.4) is 0 Å². The summed E-state index contributed by atoms with van der Waals surface area (Å²) in [7, 11) is 0. The van der Waals surface area contributed by atoms with E-state index in [0.717, 1.165) is 5.56 Å². The molecule has 0 aliphatic carbocycles. The monoisotopic (exact) mass is 517 g/mol. The molecule has 3 rings (SSSR count). The normalized spacial score (nSPS) is 10.3. The van der Waals surface area contributed by atoms with Crippen molar-refractivity contribution in [1.29, 1.82) is 5.26 Å². The molecular formula is C24H18Cl3N3O4. The molecule has 0 heterocycles. The quantitative estimate of drug-likeness (QED) is 0.418. The molecule has 0 aliphatic rings. The number of ether oxygens (including phenoxy) is 2. The van der Waals surface area contributed by atoms with Crippen LogP contribution in [-0.2, 0) is 17.9 Å². The molecule has 3 aromatic rings. The molecule has 0 aromatic heterocycles. The molecule has 0 saturated carbocycles. The number of carbonyl (C=O) groups excluding carboxylic acids is 2. The Balaban J connectivity index is 1.70. The van der Waals surface area contributed by atoms with Crippen LogP contribution in [0.2, 0.25) is 15.1 Å². The summed E-state index contributed by atoms with van der Waals surface area (Å²) in [6, 6.07) is 16.4. The van der Waals surface area contributed by atoms with Crippen molar-refractivity contribution in [3.8, 4) is 17.6 Å². The minimum atomic E-state index is -0.663. The Labute approximate surface area is 210 Å². The lowest BCUT2D eigenvalue weighted by molar-refractivity contribution is -0.119. The van der Waals surface area contributed by atoms with E-state index in [-0.39, 0.29) is 31.1 Å². The highest BCUT2D eigenvalue weighted by Gasteiger charge is 2.12. The van der Waals surface area contributed by atoms with E-state index >= 15 is 0 Å². The van der Waals surface area contributed by atoms with Crippen molar-refractivity contribution in [3.63, 3.8) is 0 Å². The molecule has 0 bridgehead atoms. The van der Waals surface area contributed by atoms with Gasteiger partial charge in [0.1, 0.15) is 18.1 Å². The summed E-state index contributed by atoms with van der Waals surface area (Å²) in [5, 5.41) is 13.1. The molecular weight excluding hydrogens is 501 g/mol. The molecule has 7 nitrogen and oxygen atoms in total. The lowest BCUT2D eigenvalue weighted by Crippen LogP contribution is -2.24. The average molecular weight is 519 g/mol. The molecule has 2 amide bonds. The van der Waals surface area contributed by atoms with E-state index in [4.69, 9.17) is 55.3 Å². The minimum absolute atomic E-state index is 0.0718. The van der Waals surface area contributed by atoms with E-state index in [1.54, 1.807) is 42.5 Å². The second kappa shape index (κ2) is 11.6. The van der Waals surface area contributed by atoms with Crippen LogP contribution in [-0.4, -0.2) is 18.4 Å². The molecule has 10 heteroatoms. The maximum Gasteiger partial charge on any atom is 0.255 e. The van der Waals surface area contributed by atoms with Crippen LogP contribution in [0.25, 0.3) is 0 Å². The van der Waals surface area contributed by atoms with E-state index in [0.29, 0.717) is 31.9 Å². The number of amides is 2. The number of nitrogens with two attached hydrogens (primary N) is 1. The number of benzene rings is 3. The Morgan fingerprint density at radius 2 is 1.65 bits per heavy atom. The number of carbonyl (C=O) groups is 2. The first-order chi connectivity index (χ1) is 16.2. The maximum atomic E-state index is 12.8. The van der Waals surface area contributed by atoms with Crippen LogP contribution < -0.4 is 20.5 Å². The summed E-state index contributed by atoms with van der Waals surface area (Å²) in [5.74, 6) is -0.418. The number of rotatable bonds is 9. The summed E-state index contributed by atoms with van der Waals surface area (Å²) in [6.45, 7) is -0.113. The van der Waals surface area contributed by atoms with Gasteiger partial charge in [-0.15, -0.1) is 0 Å². The zero-order valence-electron chi connectivity index (χ0n) is 17.6. The molecule has 0 atom stereocenters. The predicted molar refractivity (Wildman–Crippen MR) is 129 cm³/mol. The Kier molecular flexibility index (Phi) is 8.61. The van der Waals surface area contributed by atoms with Crippen LogP contribution in [0.5, 0.6) is 11.5 Å². The van der Waals surface area contributed by atoms with Gasteiger partial charge in [-0.1, -0.05) is 40.9 Å². The van der Waals surface area contributed by atoms with Gasteiger partial charge in [-0.3, -0.25) is 9.59 Å². The molecule has 174 valence electrons. The number of hydrogen-bond donors (Lipinski definition) is 2. The average Bonchev–Trinajstić information content (AvgIpc) is 2.79. The summed E-state index contributed by atoms with van der Waals surface area (Å²) in [6.07, 6.45) is 0. The molecule has 0 unspecified atom stereocenters. The molecule has 3 N–H and O–H groups in total. The van der Waals surface area contributed by atoms with Gasteiger partial charge < -0.3 is 20.5 Å². The summed E-state index contributed by atoms with van der Waals surface area (Å²) < 4.78 is 11.1. The van der Waals surface area contributed by atoms with E-state index in [1.807, 2.05) is 6.07 Å². The highest BCUT2D eigenvalue weighted by Crippen LogP contribution is 2.25. The second-order valence-corrected chi connectivity index (χ2v) is 8.42. The van der Waals surface area contributed by atoms with Crippen LogP contribution in [0, 0.1) is 11.3 Å². The Morgan fingerprint density at radius 1 is 0.941 bits per heavy atom. The summed E-state index contributed by atoms with van der Waals surface area (Å²) in [5.41, 5.74) is 7.06. The number of hydrogen-bond acceptors (Lipinski definition) is 5. The van der Waals surface area contributed by atoms with Gasteiger partial charge in [0.15, 0.2) is 6.61 Å². The van der Waals surface area contributed by atoms with Crippen molar-refractivity contribution in [2.24, 2.45) is 5.73 Å². The number of nitriles is 1. The number of nitrogens with one attached hydrogen (secondary N) is 1. The first-order valence-electron chi connectivity index (χ1n) is 9.84. The molecule has 0 aliphatic heterocycles. The van der Waals surface area contributed by atoms with Crippen LogP contribution in [0.4, 0.5) is 0 Å². The van der Waals surface area contributed by atoms with Gasteiger partial charge in [-0.05, 0) is 54.1 Å². The van der Waals surface area contributed by atoms with Crippen molar-refractivity contribution in [2.75, 3.05) is 6.61 Å². The standard InChI is InChI=1S/C24H18Cl3N3O4/c25-18-3-15(4-19(26)8-18)12-33-21-7-17(6-20(27)9-21)24(32)30-11-16-2-1-14(10-28)5-22(16)34-13-23(29)31/h1-9H,11-13H2,(H2,29,31)(H,30,32). The highest BCUT2D eigenvalue weighted by atomic mass is 35.5. The topological polar surface area (TPSA) is 114 Å². The largest absolute Gasteiger partial charge is 0.489 e. The van der Waals surface area contributed by atoms with E-state index < -0.39 is 11.8 Å². The van der Waals surface area contributed by atoms with Crippen LogP contribution in [0.15, 0.2) is 54.6 Å². The zero-order chi connectivity index (χ0) is 24.7. The molecule has 34 heavy (non-hydrogen) atoms. The molecule has 3 aromatic carbocycles. The third kappa shape index (κ3) is 7.29. The first kappa shape index (κ1) is 25.2. The molecule has 0 spiro atoms. The van der Waals surface area contributed by atoms with E-state index in [9.17, 15) is 9.59 Å².